The maximum absolute atomic E-state index is 12.0. The van der Waals surface area contributed by atoms with Crippen LogP contribution >= 0.6 is 11.8 Å². The van der Waals surface area contributed by atoms with Crippen LogP contribution in [0.3, 0.4) is 0 Å². The molecule has 144 valence electrons. The second-order valence-corrected chi connectivity index (χ2v) is 9.48. The molecule has 0 spiro atoms. The van der Waals surface area contributed by atoms with E-state index in [0.717, 1.165) is 55.5 Å². The molecule has 26 heavy (non-hydrogen) atoms. The molecule has 3 aliphatic rings. The van der Waals surface area contributed by atoms with Crippen molar-refractivity contribution in [3.05, 3.63) is 34.4 Å². The summed E-state index contributed by atoms with van der Waals surface area (Å²) in [6.07, 6.45) is 10.5. The average molecular weight is 378 g/mol. The maximum Gasteiger partial charge on any atom is 0.334 e. The summed E-state index contributed by atoms with van der Waals surface area (Å²) >= 11 is 1.97. The molecule has 3 rings (SSSR count). The number of carbonyl (C=O) groups excluding carboxylic acids is 1. The van der Waals surface area contributed by atoms with Gasteiger partial charge in [-0.15, -0.1) is 11.8 Å². The summed E-state index contributed by atoms with van der Waals surface area (Å²) in [5.41, 5.74) is 7.66. The molecule has 0 radical (unpaired) electrons. The molecule has 0 saturated carbocycles. The van der Waals surface area contributed by atoms with Crippen LogP contribution in [0.1, 0.15) is 66.2 Å². The van der Waals surface area contributed by atoms with Gasteiger partial charge in [0.2, 0.25) is 0 Å². The van der Waals surface area contributed by atoms with E-state index in [4.69, 9.17) is 9.57 Å². The minimum atomic E-state index is -0.190. The zero-order valence-electron chi connectivity index (χ0n) is 16.4. The Morgan fingerprint density at radius 2 is 2.00 bits per heavy atom. The number of hydroxylamine groups is 1. The Kier molecular flexibility index (Phi) is 6.31. The normalized spacial score (nSPS) is 38.2. The van der Waals surface area contributed by atoms with Gasteiger partial charge in [0.05, 0.1) is 12.0 Å². The van der Waals surface area contributed by atoms with E-state index in [1.807, 2.05) is 18.7 Å². The number of thioether (sulfide) groups is 1. The van der Waals surface area contributed by atoms with Crippen LogP contribution in [0.2, 0.25) is 0 Å². The van der Waals surface area contributed by atoms with Crippen molar-refractivity contribution in [3.63, 3.8) is 0 Å². The summed E-state index contributed by atoms with van der Waals surface area (Å²) in [6, 6.07) is 0. The summed E-state index contributed by atoms with van der Waals surface area (Å²) in [5, 5.41) is 0. The Morgan fingerprint density at radius 1 is 1.19 bits per heavy atom. The molecule has 1 saturated heterocycles. The van der Waals surface area contributed by atoms with E-state index in [9.17, 15) is 4.79 Å². The van der Waals surface area contributed by atoms with E-state index in [-0.39, 0.29) is 22.9 Å². The molecule has 2 heterocycles. The van der Waals surface area contributed by atoms with Crippen molar-refractivity contribution in [2.75, 3.05) is 5.88 Å². The molecular formula is C21H31NO3S. The minimum absolute atomic E-state index is 0.133. The summed E-state index contributed by atoms with van der Waals surface area (Å²) in [7, 11) is 0. The van der Waals surface area contributed by atoms with E-state index in [1.54, 1.807) is 0 Å². The molecular weight excluding hydrogens is 346 g/mol. The van der Waals surface area contributed by atoms with Crippen molar-refractivity contribution in [1.29, 1.82) is 0 Å². The van der Waals surface area contributed by atoms with Gasteiger partial charge in [-0.3, -0.25) is 4.84 Å². The second-order valence-electron chi connectivity index (χ2n) is 7.97. The predicted octanol–water partition coefficient (Wildman–Crippen LogP) is 4.83. The van der Waals surface area contributed by atoms with Gasteiger partial charge in [-0.05, 0) is 77.9 Å². The van der Waals surface area contributed by atoms with Crippen LogP contribution in [0.15, 0.2) is 34.4 Å². The van der Waals surface area contributed by atoms with Gasteiger partial charge in [-0.1, -0.05) is 17.2 Å². The van der Waals surface area contributed by atoms with Crippen LogP contribution in [0.4, 0.5) is 0 Å². The lowest BCUT2D eigenvalue weighted by Crippen LogP contribution is -2.47. The molecule has 0 aromatic rings. The number of hydrogen-bond acceptors (Lipinski definition) is 5. The molecule has 1 fully saturated rings. The molecule has 0 aromatic carbocycles. The number of hydrogen-bond donors (Lipinski definition) is 1. The monoisotopic (exact) mass is 377 g/mol. The van der Waals surface area contributed by atoms with Crippen molar-refractivity contribution < 1.29 is 14.4 Å². The van der Waals surface area contributed by atoms with Crippen molar-refractivity contribution in [2.24, 2.45) is 0 Å². The molecule has 5 heteroatoms. The molecule has 1 N–H and O–H groups in total. The molecule has 0 amide bonds. The number of rotatable bonds is 0. The Morgan fingerprint density at radius 3 is 2.81 bits per heavy atom. The first-order valence-corrected chi connectivity index (χ1v) is 10.6. The molecule has 0 bridgehead atoms. The van der Waals surface area contributed by atoms with Crippen LogP contribution in [0.25, 0.3) is 0 Å². The molecule has 1 aliphatic carbocycles. The quantitative estimate of drug-likeness (QED) is 0.484. The second kappa shape index (κ2) is 8.32. The topological polar surface area (TPSA) is 47.6 Å². The number of nitrogens with one attached hydrogen (secondary N) is 1. The highest BCUT2D eigenvalue weighted by molar-refractivity contribution is 8.00. The fourth-order valence-electron chi connectivity index (χ4n) is 3.97. The van der Waals surface area contributed by atoms with Crippen LogP contribution < -0.4 is 5.48 Å². The maximum atomic E-state index is 12.0. The summed E-state index contributed by atoms with van der Waals surface area (Å²) < 4.78 is 5.75. The predicted molar refractivity (Wildman–Crippen MR) is 107 cm³/mol. The average Bonchev–Trinajstić information content (AvgIpc) is 2.85. The highest BCUT2D eigenvalue weighted by atomic mass is 32.2. The lowest BCUT2D eigenvalue weighted by Gasteiger charge is -2.40. The van der Waals surface area contributed by atoms with Crippen molar-refractivity contribution in [1.82, 2.24) is 5.48 Å². The van der Waals surface area contributed by atoms with Crippen LogP contribution in [0.5, 0.6) is 0 Å². The Balaban J connectivity index is 1.84. The van der Waals surface area contributed by atoms with E-state index in [1.165, 1.54) is 11.1 Å². The first-order valence-electron chi connectivity index (χ1n) is 9.65. The molecule has 4 nitrogen and oxygen atoms in total. The third-order valence-corrected chi connectivity index (χ3v) is 7.28. The highest BCUT2D eigenvalue weighted by Gasteiger charge is 2.38. The standard InChI is InChI=1S/C21H31NO3S/c1-14-6-5-11-21(4)19(25-22-13-26-21)10-8-15(2)12-18-17(9-7-14)16(3)20(23)24-18/h6,12,18-19,22H,5,7-11,13H2,1-4H3/b14-6+,15-12+/t18-,19+,21+/m0/s1. The van der Waals surface area contributed by atoms with Gasteiger partial charge in [0.25, 0.3) is 0 Å². The van der Waals surface area contributed by atoms with Gasteiger partial charge >= 0.3 is 5.97 Å². The number of allylic oxidation sites excluding steroid dienone is 3. The van der Waals surface area contributed by atoms with E-state index in [0.29, 0.717) is 0 Å². The Bertz CT molecular complexity index is 652. The number of ether oxygens (including phenoxy) is 1. The van der Waals surface area contributed by atoms with Gasteiger partial charge in [-0.25, -0.2) is 4.79 Å². The lowest BCUT2D eigenvalue weighted by atomic mass is 9.90. The molecule has 0 aromatic heterocycles. The van der Waals surface area contributed by atoms with E-state index in [2.05, 4.69) is 38.4 Å². The van der Waals surface area contributed by atoms with Gasteiger partial charge in [0, 0.05) is 10.3 Å². The van der Waals surface area contributed by atoms with E-state index < -0.39 is 0 Å². The Hall–Kier alpha value is -1.04. The van der Waals surface area contributed by atoms with Gasteiger partial charge in [-0.2, -0.15) is 5.48 Å². The van der Waals surface area contributed by atoms with Crippen LogP contribution in [-0.2, 0) is 14.4 Å². The van der Waals surface area contributed by atoms with Crippen molar-refractivity contribution in [2.45, 2.75) is 83.2 Å². The zero-order chi connectivity index (χ0) is 18.7. The van der Waals surface area contributed by atoms with Gasteiger partial charge in [0.15, 0.2) is 0 Å². The van der Waals surface area contributed by atoms with Crippen LogP contribution in [0, 0.1) is 0 Å². The van der Waals surface area contributed by atoms with E-state index >= 15 is 0 Å². The van der Waals surface area contributed by atoms with Crippen molar-refractivity contribution >= 4 is 17.7 Å². The number of esters is 1. The molecule has 3 atom stereocenters. The highest BCUT2D eigenvalue weighted by Crippen LogP contribution is 2.40. The summed E-state index contributed by atoms with van der Waals surface area (Å²) in [5.74, 6) is 0.680. The minimum Gasteiger partial charge on any atom is -0.450 e. The number of carbonyl (C=O) groups is 1. The largest absolute Gasteiger partial charge is 0.450 e. The Labute approximate surface area is 161 Å². The molecule has 0 unspecified atom stereocenters. The van der Waals surface area contributed by atoms with Crippen molar-refractivity contribution in [3.8, 4) is 0 Å². The smallest absolute Gasteiger partial charge is 0.334 e. The molecule has 2 aliphatic heterocycles. The number of fused-ring (bicyclic) bond motifs is 2. The fourth-order valence-corrected chi connectivity index (χ4v) is 5.04. The summed E-state index contributed by atoms with van der Waals surface area (Å²) in [4.78, 5) is 18.0. The lowest BCUT2D eigenvalue weighted by molar-refractivity contribution is -0.138. The third kappa shape index (κ3) is 4.44. The van der Waals surface area contributed by atoms with Gasteiger partial charge < -0.3 is 4.74 Å². The first-order chi connectivity index (χ1) is 12.4. The van der Waals surface area contributed by atoms with Gasteiger partial charge in [0.1, 0.15) is 6.10 Å². The first kappa shape index (κ1) is 19.7. The third-order valence-electron chi connectivity index (χ3n) is 5.89. The summed E-state index contributed by atoms with van der Waals surface area (Å²) in [6.45, 7) is 8.56. The van der Waals surface area contributed by atoms with Crippen LogP contribution in [-0.4, -0.2) is 28.8 Å². The fraction of sp³-hybridized carbons (Fsp3) is 0.667. The zero-order valence-corrected chi connectivity index (χ0v) is 17.2. The SMILES string of the molecule is CC1=C2CC/C(C)=C/CC[C@@]3(C)SCNO[C@@H]3CC/C(C)=C/[C@@H]2OC1=O.